The summed E-state index contributed by atoms with van der Waals surface area (Å²) in [7, 11) is 1.80. The first-order chi connectivity index (χ1) is 10.5. The van der Waals surface area contributed by atoms with Crippen molar-refractivity contribution in [1.82, 2.24) is 0 Å². The van der Waals surface area contributed by atoms with E-state index in [1.54, 1.807) is 7.11 Å². The van der Waals surface area contributed by atoms with Gasteiger partial charge in [0.05, 0.1) is 31.5 Å². The number of fused-ring (bicyclic) bond motifs is 2. The Labute approximate surface area is 142 Å². The van der Waals surface area contributed by atoms with Crippen molar-refractivity contribution in [3.8, 4) is 0 Å². The highest BCUT2D eigenvalue weighted by atomic mass is 16.5. The van der Waals surface area contributed by atoms with Gasteiger partial charge in [0, 0.05) is 18.1 Å². The fraction of sp³-hybridized carbons (Fsp3) is 1.00. The van der Waals surface area contributed by atoms with E-state index in [0.717, 1.165) is 13.0 Å². The Morgan fingerprint density at radius 1 is 1.26 bits per heavy atom. The lowest BCUT2D eigenvalue weighted by Gasteiger charge is -2.62. The maximum Gasteiger partial charge on any atom is 0.0915 e. The number of hydrogen-bond donors (Lipinski definition) is 1. The molecule has 0 aromatic rings. The lowest BCUT2D eigenvalue weighted by Crippen LogP contribution is -2.66. The van der Waals surface area contributed by atoms with Crippen molar-refractivity contribution in [2.24, 2.45) is 28.4 Å². The zero-order valence-electron chi connectivity index (χ0n) is 16.3. The molecule has 2 bridgehead atoms. The van der Waals surface area contributed by atoms with Crippen molar-refractivity contribution in [3.63, 3.8) is 0 Å². The first-order valence-corrected chi connectivity index (χ1v) is 9.04. The van der Waals surface area contributed by atoms with Gasteiger partial charge in [-0.3, -0.25) is 0 Å². The highest BCUT2D eigenvalue weighted by Crippen LogP contribution is 2.58. The Hall–Kier alpha value is -0.160. The van der Waals surface area contributed by atoms with Crippen LogP contribution in [0.2, 0.25) is 0 Å². The highest BCUT2D eigenvalue weighted by Gasteiger charge is 2.61. The topological polar surface area (TPSA) is 53.7 Å². The monoisotopic (exact) mass is 327 g/mol. The Morgan fingerprint density at radius 2 is 1.87 bits per heavy atom. The molecule has 1 saturated carbocycles. The Bertz CT molecular complexity index is 425. The Morgan fingerprint density at radius 3 is 2.39 bits per heavy atom. The maximum atomic E-state index is 6.42. The summed E-state index contributed by atoms with van der Waals surface area (Å²) in [6, 6.07) is 0. The van der Waals surface area contributed by atoms with Gasteiger partial charge in [-0.05, 0) is 37.5 Å². The molecule has 0 aromatic heterocycles. The van der Waals surface area contributed by atoms with Crippen molar-refractivity contribution in [2.75, 3.05) is 20.3 Å². The molecule has 2 N–H and O–H groups in total. The minimum atomic E-state index is -0.332. The van der Waals surface area contributed by atoms with E-state index in [9.17, 15) is 0 Å². The number of nitrogens with two attached hydrogens (primary N) is 1. The molecule has 23 heavy (non-hydrogen) atoms. The predicted molar refractivity (Wildman–Crippen MR) is 93.4 cm³/mol. The first kappa shape index (κ1) is 19.2. The van der Waals surface area contributed by atoms with E-state index >= 15 is 0 Å². The average Bonchev–Trinajstić information content (AvgIpc) is 2.47. The second-order valence-electron chi connectivity index (χ2n) is 9.06. The summed E-state index contributed by atoms with van der Waals surface area (Å²) in [6.07, 6.45) is 1.33. The molecule has 1 saturated heterocycles. The van der Waals surface area contributed by atoms with E-state index in [2.05, 4.69) is 48.5 Å². The number of rotatable bonds is 5. The van der Waals surface area contributed by atoms with Gasteiger partial charge in [-0.2, -0.15) is 0 Å². The molecule has 0 radical (unpaired) electrons. The van der Waals surface area contributed by atoms with E-state index in [-0.39, 0.29) is 34.7 Å². The van der Waals surface area contributed by atoms with Gasteiger partial charge in [0.15, 0.2) is 0 Å². The van der Waals surface area contributed by atoms with Gasteiger partial charge in [0.2, 0.25) is 0 Å². The predicted octanol–water partition coefficient (Wildman–Crippen LogP) is 3.23. The molecule has 0 amide bonds. The summed E-state index contributed by atoms with van der Waals surface area (Å²) in [4.78, 5) is 0. The lowest BCUT2D eigenvalue weighted by atomic mass is 9.51. The van der Waals surface area contributed by atoms with Gasteiger partial charge in [0.1, 0.15) is 0 Å². The molecule has 2 rings (SSSR count). The van der Waals surface area contributed by atoms with Crippen LogP contribution >= 0.6 is 0 Å². The Kier molecular flexibility index (Phi) is 5.24. The third kappa shape index (κ3) is 3.08. The van der Waals surface area contributed by atoms with E-state index < -0.39 is 0 Å². The number of ether oxygens (including phenoxy) is 3. The van der Waals surface area contributed by atoms with E-state index in [1.807, 2.05) is 0 Å². The smallest absolute Gasteiger partial charge is 0.0915 e. The normalized spacial score (nSPS) is 46.7. The van der Waals surface area contributed by atoms with Crippen LogP contribution in [0.25, 0.3) is 0 Å². The SMILES string of the molecule is COC1CC2(C)C(C)OCC(C)(C1OCC(C)(N)C(C)C)C2C. The number of methoxy groups -OCH3 is 1. The van der Waals surface area contributed by atoms with E-state index in [1.165, 1.54) is 0 Å². The van der Waals surface area contributed by atoms with Crippen LogP contribution in [0.15, 0.2) is 0 Å². The molecule has 2 aliphatic rings. The van der Waals surface area contributed by atoms with Gasteiger partial charge < -0.3 is 19.9 Å². The summed E-state index contributed by atoms with van der Waals surface area (Å²) >= 11 is 0. The zero-order valence-corrected chi connectivity index (χ0v) is 16.3. The highest BCUT2D eigenvalue weighted by molar-refractivity contribution is 5.09. The molecule has 1 aliphatic carbocycles. The summed E-state index contributed by atoms with van der Waals surface area (Å²) in [5.74, 6) is 0.878. The summed E-state index contributed by atoms with van der Waals surface area (Å²) in [5.41, 5.74) is 6.16. The molecular weight excluding hydrogens is 290 g/mol. The summed E-state index contributed by atoms with van der Waals surface area (Å²) in [5, 5.41) is 0. The van der Waals surface area contributed by atoms with Crippen LogP contribution in [0.4, 0.5) is 0 Å². The Balaban J connectivity index is 2.24. The fourth-order valence-electron chi connectivity index (χ4n) is 4.30. The van der Waals surface area contributed by atoms with Gasteiger partial charge in [-0.1, -0.05) is 34.6 Å². The summed E-state index contributed by atoms with van der Waals surface area (Å²) < 4.78 is 18.5. The molecule has 1 aliphatic heterocycles. The van der Waals surface area contributed by atoms with Crippen molar-refractivity contribution < 1.29 is 14.2 Å². The molecular formula is C19H37NO3. The van der Waals surface area contributed by atoms with E-state index in [4.69, 9.17) is 19.9 Å². The van der Waals surface area contributed by atoms with Gasteiger partial charge in [-0.25, -0.2) is 0 Å². The van der Waals surface area contributed by atoms with Crippen LogP contribution in [-0.2, 0) is 14.2 Å². The van der Waals surface area contributed by atoms with Gasteiger partial charge >= 0.3 is 0 Å². The van der Waals surface area contributed by atoms with Crippen LogP contribution in [-0.4, -0.2) is 44.2 Å². The standard InChI is InChI=1S/C19H37NO3/c1-12(2)19(7,20)11-23-16-15(21-8)9-17(5)13(3)18(16,6)10-22-14(17)4/h12-16H,9-11,20H2,1-8H3. The molecule has 2 fully saturated rings. The molecule has 4 heteroatoms. The van der Waals surface area contributed by atoms with Crippen LogP contribution in [0, 0.1) is 22.7 Å². The van der Waals surface area contributed by atoms with Crippen molar-refractivity contribution in [2.45, 2.75) is 78.7 Å². The van der Waals surface area contributed by atoms with Crippen LogP contribution < -0.4 is 5.73 Å². The van der Waals surface area contributed by atoms with Crippen LogP contribution in [0.5, 0.6) is 0 Å². The average molecular weight is 328 g/mol. The van der Waals surface area contributed by atoms with Gasteiger partial charge in [0.25, 0.3) is 0 Å². The van der Waals surface area contributed by atoms with Crippen molar-refractivity contribution in [3.05, 3.63) is 0 Å². The van der Waals surface area contributed by atoms with Crippen LogP contribution in [0.3, 0.4) is 0 Å². The van der Waals surface area contributed by atoms with Crippen molar-refractivity contribution >= 4 is 0 Å². The minimum absolute atomic E-state index is 0.0182. The molecule has 0 spiro atoms. The summed E-state index contributed by atoms with van der Waals surface area (Å²) in [6.45, 7) is 16.8. The lowest BCUT2D eigenvalue weighted by molar-refractivity contribution is -0.275. The number of hydrogen-bond acceptors (Lipinski definition) is 4. The van der Waals surface area contributed by atoms with Crippen molar-refractivity contribution in [1.29, 1.82) is 0 Å². The van der Waals surface area contributed by atoms with Crippen LogP contribution in [0.1, 0.15) is 54.9 Å². The fourth-order valence-corrected chi connectivity index (χ4v) is 4.30. The zero-order chi connectivity index (χ0) is 17.6. The third-order valence-electron chi connectivity index (χ3n) is 7.38. The maximum absolute atomic E-state index is 6.42. The van der Waals surface area contributed by atoms with Gasteiger partial charge in [-0.15, -0.1) is 0 Å². The molecule has 136 valence electrons. The quantitative estimate of drug-likeness (QED) is 0.842. The molecule has 0 aromatic carbocycles. The molecule has 7 unspecified atom stereocenters. The third-order valence-corrected chi connectivity index (χ3v) is 7.38. The molecule has 7 atom stereocenters. The molecule has 4 nitrogen and oxygen atoms in total. The minimum Gasteiger partial charge on any atom is -0.379 e. The largest absolute Gasteiger partial charge is 0.379 e. The molecule has 1 heterocycles. The first-order valence-electron chi connectivity index (χ1n) is 9.04. The van der Waals surface area contributed by atoms with E-state index in [0.29, 0.717) is 18.4 Å². The second kappa shape index (κ2) is 6.29. The second-order valence-corrected chi connectivity index (χ2v) is 9.06.